The van der Waals surface area contributed by atoms with Crippen molar-refractivity contribution in [2.75, 3.05) is 7.11 Å². The Balaban J connectivity index is 2.74. The summed E-state index contributed by atoms with van der Waals surface area (Å²) in [6.07, 6.45) is 2.58. The highest BCUT2D eigenvalue weighted by Gasteiger charge is 2.09. The van der Waals surface area contributed by atoms with Crippen LogP contribution in [-0.4, -0.2) is 33.7 Å². The average molecular weight is 184 g/mol. The van der Waals surface area contributed by atoms with Gasteiger partial charge in [-0.15, -0.1) is 0 Å². The van der Waals surface area contributed by atoms with Crippen molar-refractivity contribution < 1.29 is 19.4 Å². The lowest BCUT2D eigenvalue weighted by Crippen LogP contribution is -2.07. The van der Waals surface area contributed by atoms with Gasteiger partial charge in [0.1, 0.15) is 6.54 Å². The molecule has 1 rings (SSSR count). The van der Waals surface area contributed by atoms with Crippen LogP contribution in [0.15, 0.2) is 12.5 Å². The van der Waals surface area contributed by atoms with E-state index in [1.165, 1.54) is 24.2 Å². The molecule has 0 bridgehead atoms. The number of carbonyl (C=O) groups is 2. The van der Waals surface area contributed by atoms with Gasteiger partial charge in [0.2, 0.25) is 0 Å². The van der Waals surface area contributed by atoms with Crippen molar-refractivity contribution >= 4 is 11.9 Å². The molecule has 0 aliphatic heterocycles. The van der Waals surface area contributed by atoms with Gasteiger partial charge in [-0.05, 0) is 0 Å². The van der Waals surface area contributed by atoms with Gasteiger partial charge in [0.15, 0.2) is 5.69 Å². The van der Waals surface area contributed by atoms with Crippen molar-refractivity contribution in [3.05, 3.63) is 18.2 Å². The molecule has 0 saturated carbocycles. The van der Waals surface area contributed by atoms with Gasteiger partial charge >= 0.3 is 11.9 Å². The third-order valence-corrected chi connectivity index (χ3v) is 1.35. The second-order valence-electron chi connectivity index (χ2n) is 2.32. The molecule has 13 heavy (non-hydrogen) atoms. The first-order chi connectivity index (χ1) is 6.13. The number of hydrogen-bond donors (Lipinski definition) is 1. The zero-order valence-corrected chi connectivity index (χ0v) is 6.93. The Hall–Kier alpha value is -1.85. The molecule has 1 aromatic rings. The predicted octanol–water partition coefficient (Wildman–Crippen LogP) is -0.246. The van der Waals surface area contributed by atoms with Crippen LogP contribution in [-0.2, 0) is 16.1 Å². The van der Waals surface area contributed by atoms with Crippen LogP contribution in [0.5, 0.6) is 0 Å². The van der Waals surface area contributed by atoms with Gasteiger partial charge in [-0.2, -0.15) is 0 Å². The van der Waals surface area contributed by atoms with Crippen molar-refractivity contribution in [3.8, 4) is 0 Å². The van der Waals surface area contributed by atoms with Crippen molar-refractivity contribution in [1.29, 1.82) is 0 Å². The summed E-state index contributed by atoms with van der Waals surface area (Å²) in [5.41, 5.74) is 0.101. The molecule has 0 atom stereocenters. The van der Waals surface area contributed by atoms with Crippen molar-refractivity contribution in [1.82, 2.24) is 9.55 Å². The van der Waals surface area contributed by atoms with E-state index in [1.807, 2.05) is 0 Å². The van der Waals surface area contributed by atoms with Gasteiger partial charge in [0.05, 0.1) is 13.4 Å². The third-order valence-electron chi connectivity index (χ3n) is 1.35. The van der Waals surface area contributed by atoms with E-state index in [-0.39, 0.29) is 12.2 Å². The molecule has 0 saturated heterocycles. The zero-order valence-electron chi connectivity index (χ0n) is 6.93. The van der Waals surface area contributed by atoms with E-state index in [4.69, 9.17) is 5.11 Å². The Morgan fingerprint density at radius 1 is 1.69 bits per heavy atom. The smallest absolute Gasteiger partial charge is 0.358 e. The summed E-state index contributed by atoms with van der Waals surface area (Å²) < 4.78 is 5.68. The van der Waals surface area contributed by atoms with Gasteiger partial charge < -0.3 is 14.4 Å². The van der Waals surface area contributed by atoms with Gasteiger partial charge in [-0.25, -0.2) is 9.78 Å². The highest BCUT2D eigenvalue weighted by molar-refractivity contribution is 5.86. The van der Waals surface area contributed by atoms with Crippen LogP contribution < -0.4 is 0 Å². The molecule has 1 N–H and O–H groups in total. The number of carboxylic acids is 1. The number of aliphatic carboxylic acids is 1. The number of carboxylic acid groups (broad SMARTS) is 1. The van der Waals surface area contributed by atoms with Gasteiger partial charge in [-0.1, -0.05) is 0 Å². The van der Waals surface area contributed by atoms with Crippen molar-refractivity contribution in [3.63, 3.8) is 0 Å². The molecule has 0 aliphatic carbocycles. The summed E-state index contributed by atoms with van der Waals surface area (Å²) >= 11 is 0. The quantitative estimate of drug-likeness (QED) is 0.655. The molecular formula is C7H8N2O4. The lowest BCUT2D eigenvalue weighted by atomic mass is 10.5. The minimum atomic E-state index is -0.992. The molecule has 70 valence electrons. The number of aromatic nitrogens is 2. The van der Waals surface area contributed by atoms with E-state index >= 15 is 0 Å². The SMILES string of the molecule is COC(=O)c1cn(CC(=O)O)cn1. The minimum absolute atomic E-state index is 0.101. The van der Waals surface area contributed by atoms with Crippen LogP contribution in [0.25, 0.3) is 0 Å². The number of nitrogens with zero attached hydrogens (tertiary/aromatic N) is 2. The maximum absolute atomic E-state index is 10.9. The summed E-state index contributed by atoms with van der Waals surface area (Å²) in [4.78, 5) is 24.8. The Morgan fingerprint density at radius 3 is 2.92 bits per heavy atom. The summed E-state index contributed by atoms with van der Waals surface area (Å²) in [5, 5.41) is 8.41. The van der Waals surface area contributed by atoms with Crippen LogP contribution in [0, 0.1) is 0 Å². The second-order valence-corrected chi connectivity index (χ2v) is 2.32. The lowest BCUT2D eigenvalue weighted by molar-refractivity contribution is -0.137. The maximum Gasteiger partial charge on any atom is 0.358 e. The number of esters is 1. The first kappa shape index (κ1) is 9.24. The second kappa shape index (κ2) is 3.70. The summed E-state index contributed by atoms with van der Waals surface area (Å²) in [5.74, 6) is -1.57. The average Bonchev–Trinajstić information content (AvgIpc) is 2.50. The van der Waals surface area contributed by atoms with Crippen molar-refractivity contribution in [2.45, 2.75) is 6.54 Å². The van der Waals surface area contributed by atoms with E-state index in [0.29, 0.717) is 0 Å². The lowest BCUT2D eigenvalue weighted by Gasteiger charge is -1.93. The molecule has 0 spiro atoms. The zero-order chi connectivity index (χ0) is 9.84. The van der Waals surface area contributed by atoms with Crippen molar-refractivity contribution in [2.24, 2.45) is 0 Å². The van der Waals surface area contributed by atoms with Crippen LogP contribution in [0.1, 0.15) is 10.5 Å². The molecule has 0 fully saturated rings. The fourth-order valence-electron chi connectivity index (χ4n) is 0.813. The van der Waals surface area contributed by atoms with Crippen LogP contribution in [0.2, 0.25) is 0 Å². The first-order valence-electron chi connectivity index (χ1n) is 3.45. The molecule has 6 heteroatoms. The Bertz CT molecular complexity index is 331. The van der Waals surface area contributed by atoms with E-state index < -0.39 is 11.9 Å². The number of carbonyl (C=O) groups excluding carboxylic acids is 1. The molecule has 0 aliphatic rings. The fraction of sp³-hybridized carbons (Fsp3) is 0.286. The molecule has 0 radical (unpaired) electrons. The number of imidazole rings is 1. The number of methoxy groups -OCH3 is 1. The first-order valence-corrected chi connectivity index (χ1v) is 3.45. The molecule has 0 amide bonds. The fourth-order valence-corrected chi connectivity index (χ4v) is 0.813. The molecular weight excluding hydrogens is 176 g/mol. The standard InChI is InChI=1S/C7H8N2O4/c1-13-7(12)5-2-9(4-8-5)3-6(10)11/h2,4H,3H2,1H3,(H,10,11). The maximum atomic E-state index is 10.9. The molecule has 6 nitrogen and oxygen atoms in total. The Labute approximate surface area is 73.8 Å². The highest BCUT2D eigenvalue weighted by atomic mass is 16.5. The van der Waals surface area contributed by atoms with E-state index in [0.717, 1.165) is 0 Å². The predicted molar refractivity (Wildman–Crippen MR) is 41.2 cm³/mol. The molecule has 0 unspecified atom stereocenters. The minimum Gasteiger partial charge on any atom is -0.480 e. The van der Waals surface area contributed by atoms with Gasteiger partial charge in [0.25, 0.3) is 0 Å². The molecule has 0 aromatic carbocycles. The summed E-state index contributed by atoms with van der Waals surface area (Å²) in [6, 6.07) is 0. The third kappa shape index (κ3) is 2.29. The van der Waals surface area contributed by atoms with Crippen LogP contribution in [0.3, 0.4) is 0 Å². The normalized spacial score (nSPS) is 9.62. The summed E-state index contributed by atoms with van der Waals surface area (Å²) in [6.45, 7) is -0.218. The largest absolute Gasteiger partial charge is 0.480 e. The van der Waals surface area contributed by atoms with E-state index in [1.54, 1.807) is 0 Å². The van der Waals surface area contributed by atoms with Gasteiger partial charge in [-0.3, -0.25) is 4.79 Å². The Morgan fingerprint density at radius 2 is 2.38 bits per heavy atom. The number of ether oxygens (including phenoxy) is 1. The number of hydrogen-bond acceptors (Lipinski definition) is 4. The number of rotatable bonds is 3. The summed E-state index contributed by atoms with van der Waals surface area (Å²) in [7, 11) is 1.23. The molecule has 1 aromatic heterocycles. The van der Waals surface area contributed by atoms with E-state index in [9.17, 15) is 9.59 Å². The highest BCUT2D eigenvalue weighted by Crippen LogP contribution is 1.97. The van der Waals surface area contributed by atoms with Gasteiger partial charge in [0, 0.05) is 6.20 Å². The topological polar surface area (TPSA) is 81.4 Å². The van der Waals surface area contributed by atoms with Crippen LogP contribution in [0.4, 0.5) is 0 Å². The monoisotopic (exact) mass is 184 g/mol. The van der Waals surface area contributed by atoms with Crippen LogP contribution >= 0.6 is 0 Å². The molecule has 1 heterocycles. The van der Waals surface area contributed by atoms with E-state index in [2.05, 4.69) is 9.72 Å². The Kier molecular flexibility index (Phi) is 2.63.